The Morgan fingerprint density at radius 2 is 2.80 bits per heavy atom. The second-order valence-corrected chi connectivity index (χ2v) is 2.01. The van der Waals surface area contributed by atoms with Gasteiger partial charge < -0.3 is 5.32 Å². The van der Waals surface area contributed by atoms with E-state index in [2.05, 4.69) is 11.1 Å². The first kappa shape index (κ1) is 3.17. The van der Waals surface area contributed by atoms with E-state index in [1.54, 1.807) is 0 Å². The van der Waals surface area contributed by atoms with Crippen LogP contribution in [-0.2, 0) is 0 Å². The van der Waals surface area contributed by atoms with Crippen molar-refractivity contribution in [2.24, 2.45) is 0 Å². The molecule has 1 heterocycles. The molecule has 0 bridgehead atoms. The van der Waals surface area contributed by atoms with E-state index >= 15 is 0 Å². The maximum Gasteiger partial charge on any atom is 0.0350 e. The van der Waals surface area contributed by atoms with E-state index in [0.717, 1.165) is 8.58 Å². The molecule has 2 heteroatoms. The molecule has 5 heavy (non-hydrogen) atoms. The Labute approximate surface area is 33.2 Å². The molecule has 1 N–H and O–H groups in total. The van der Waals surface area contributed by atoms with Crippen LogP contribution in [0.2, 0.25) is 0 Å². The van der Waals surface area contributed by atoms with Crippen LogP contribution in [-0.4, -0.2) is 6.29 Å². The zero-order valence-corrected chi connectivity index (χ0v) is 3.86. The van der Waals surface area contributed by atoms with Gasteiger partial charge in [-0.1, -0.05) is 8.58 Å². The predicted molar refractivity (Wildman–Crippen MR) is 25.5 cm³/mol. The lowest BCUT2D eigenvalue weighted by molar-refractivity contribution is 1.08. The molecule has 1 atom stereocenters. The molecule has 1 nitrogen and oxygen atoms in total. The van der Waals surface area contributed by atoms with E-state index in [1.165, 1.54) is 6.29 Å². The summed E-state index contributed by atoms with van der Waals surface area (Å²) in [6, 6.07) is 0. The highest BCUT2D eigenvalue weighted by Gasteiger charge is 1.81. The first-order valence-corrected chi connectivity index (χ1v) is 2.90. The fourth-order valence-corrected chi connectivity index (χ4v) is 0.884. The van der Waals surface area contributed by atoms with Crippen molar-refractivity contribution in [3.63, 3.8) is 0 Å². The van der Waals surface area contributed by atoms with Gasteiger partial charge in [0.05, 0.1) is 0 Å². The highest BCUT2D eigenvalue weighted by atomic mass is 31.1. The Balaban J connectivity index is 2.32. The smallest absolute Gasteiger partial charge is 0.0350 e. The molecule has 0 amide bonds. The third kappa shape index (κ3) is 0.624. The maximum absolute atomic E-state index is 3.05. The summed E-state index contributed by atoms with van der Waals surface area (Å²) in [5.41, 5.74) is 0. The van der Waals surface area contributed by atoms with Gasteiger partial charge >= 0.3 is 0 Å². The molecule has 1 aliphatic heterocycles. The van der Waals surface area contributed by atoms with Gasteiger partial charge in [0.1, 0.15) is 0 Å². The van der Waals surface area contributed by atoms with Crippen LogP contribution in [0.1, 0.15) is 0 Å². The van der Waals surface area contributed by atoms with E-state index in [-0.39, 0.29) is 0 Å². The lowest BCUT2D eigenvalue weighted by Crippen LogP contribution is -1.93. The van der Waals surface area contributed by atoms with E-state index < -0.39 is 0 Å². The fraction of sp³-hybridized carbons (Fsp3) is 0.333. The zero-order chi connectivity index (χ0) is 3.54. The Morgan fingerprint density at radius 3 is 3.00 bits per heavy atom. The molecule has 0 fully saturated rings. The second-order valence-electron chi connectivity index (χ2n) is 0.918. The molecule has 0 aliphatic carbocycles. The molecule has 0 saturated carbocycles. The molecule has 1 unspecified atom stereocenters. The van der Waals surface area contributed by atoms with Crippen molar-refractivity contribution in [2.75, 3.05) is 6.29 Å². The standard InChI is InChI=1S/C3H6NP/c1-2-5-3-4-1/h1-2,4-5H,3H2. The van der Waals surface area contributed by atoms with Crippen LogP contribution in [0.4, 0.5) is 0 Å². The Bertz CT molecular complexity index is 44.9. The van der Waals surface area contributed by atoms with Gasteiger partial charge in [-0.2, -0.15) is 0 Å². The van der Waals surface area contributed by atoms with Gasteiger partial charge in [0.2, 0.25) is 0 Å². The molecule has 0 aromatic heterocycles. The third-order valence-electron chi connectivity index (χ3n) is 0.523. The Morgan fingerprint density at radius 1 is 1.80 bits per heavy atom. The Kier molecular flexibility index (Phi) is 0.899. The Hall–Kier alpha value is -0.0300. The molecule has 0 radical (unpaired) electrons. The minimum Gasteiger partial charge on any atom is -0.387 e. The first-order chi connectivity index (χ1) is 2.50. The van der Waals surface area contributed by atoms with E-state index in [0.29, 0.717) is 0 Å². The topological polar surface area (TPSA) is 12.0 Å². The summed E-state index contributed by atoms with van der Waals surface area (Å²) >= 11 is 0. The summed E-state index contributed by atoms with van der Waals surface area (Å²) in [4.78, 5) is 0. The summed E-state index contributed by atoms with van der Waals surface area (Å²) < 4.78 is 0. The van der Waals surface area contributed by atoms with Gasteiger partial charge in [-0.3, -0.25) is 0 Å². The summed E-state index contributed by atoms with van der Waals surface area (Å²) in [5, 5.41) is 3.05. The minimum absolute atomic E-state index is 1.02. The van der Waals surface area contributed by atoms with Crippen LogP contribution in [0.3, 0.4) is 0 Å². The highest BCUT2D eigenvalue weighted by molar-refractivity contribution is 7.41. The van der Waals surface area contributed by atoms with Crippen molar-refractivity contribution < 1.29 is 0 Å². The lowest BCUT2D eigenvalue weighted by Gasteiger charge is -1.78. The summed E-state index contributed by atoms with van der Waals surface area (Å²) in [6.07, 6.45) is 3.17. The number of nitrogens with one attached hydrogen (secondary N) is 1. The van der Waals surface area contributed by atoms with Gasteiger partial charge in [-0.15, -0.1) is 0 Å². The van der Waals surface area contributed by atoms with Gasteiger partial charge in [0.25, 0.3) is 0 Å². The summed E-state index contributed by atoms with van der Waals surface area (Å²) in [7, 11) is 1.02. The van der Waals surface area contributed by atoms with Crippen LogP contribution in [0.15, 0.2) is 12.0 Å². The van der Waals surface area contributed by atoms with Crippen molar-refractivity contribution >= 4 is 8.58 Å². The van der Waals surface area contributed by atoms with E-state index in [4.69, 9.17) is 0 Å². The number of hydrogen-bond donors (Lipinski definition) is 1. The number of hydrogen-bond acceptors (Lipinski definition) is 1. The number of rotatable bonds is 0. The van der Waals surface area contributed by atoms with Crippen molar-refractivity contribution in [1.29, 1.82) is 0 Å². The average Bonchev–Trinajstić information content (AvgIpc) is 1.76. The van der Waals surface area contributed by atoms with Gasteiger partial charge in [0, 0.05) is 6.29 Å². The van der Waals surface area contributed by atoms with Gasteiger partial charge in [0.15, 0.2) is 0 Å². The highest BCUT2D eigenvalue weighted by Crippen LogP contribution is 2.11. The van der Waals surface area contributed by atoms with Gasteiger partial charge in [-0.05, 0) is 12.0 Å². The van der Waals surface area contributed by atoms with Crippen molar-refractivity contribution in [3.05, 3.63) is 12.0 Å². The average molecular weight is 87.1 g/mol. The molecule has 1 aliphatic rings. The molecule has 1 rings (SSSR count). The summed E-state index contributed by atoms with van der Waals surface area (Å²) in [6.45, 7) is 0. The maximum atomic E-state index is 3.05. The van der Waals surface area contributed by atoms with Gasteiger partial charge in [-0.25, -0.2) is 0 Å². The van der Waals surface area contributed by atoms with Crippen LogP contribution in [0.25, 0.3) is 0 Å². The summed E-state index contributed by atoms with van der Waals surface area (Å²) in [5.74, 6) is 2.15. The minimum atomic E-state index is 1.02. The SMILES string of the molecule is C1=CPCN1. The molecular formula is C3H6NP. The van der Waals surface area contributed by atoms with Crippen molar-refractivity contribution in [2.45, 2.75) is 0 Å². The largest absolute Gasteiger partial charge is 0.387 e. The molecule has 0 spiro atoms. The van der Waals surface area contributed by atoms with Crippen LogP contribution < -0.4 is 5.32 Å². The fourth-order valence-electron chi connectivity index (χ4n) is 0.295. The van der Waals surface area contributed by atoms with Crippen LogP contribution in [0.5, 0.6) is 0 Å². The normalized spacial score (nSPS) is 24.0. The predicted octanol–water partition coefficient (Wildman–Crippen LogP) is 0.697. The molecule has 0 aromatic carbocycles. The van der Waals surface area contributed by atoms with Crippen molar-refractivity contribution in [1.82, 2.24) is 5.32 Å². The van der Waals surface area contributed by atoms with Crippen LogP contribution >= 0.6 is 8.58 Å². The zero-order valence-electron chi connectivity index (χ0n) is 2.86. The quantitative estimate of drug-likeness (QED) is 0.429. The van der Waals surface area contributed by atoms with Crippen molar-refractivity contribution in [3.8, 4) is 0 Å². The molecule has 28 valence electrons. The molecule has 0 aromatic rings. The van der Waals surface area contributed by atoms with E-state index in [9.17, 15) is 0 Å². The third-order valence-corrected chi connectivity index (χ3v) is 1.33. The molecule has 0 saturated heterocycles. The monoisotopic (exact) mass is 87.0 g/mol. The second kappa shape index (κ2) is 1.42. The van der Waals surface area contributed by atoms with Crippen LogP contribution in [0, 0.1) is 0 Å². The van der Waals surface area contributed by atoms with E-state index in [1.807, 2.05) is 6.20 Å². The molecular weight excluding hydrogens is 81.0 g/mol. The lowest BCUT2D eigenvalue weighted by atomic mass is 11.0. The first-order valence-electron chi connectivity index (χ1n) is 1.62.